The fourth-order valence-corrected chi connectivity index (χ4v) is 2.72. The zero-order valence-corrected chi connectivity index (χ0v) is 9.44. The highest BCUT2D eigenvalue weighted by atomic mass is 127. The third-order valence-corrected chi connectivity index (χ3v) is 4.24. The second-order valence-corrected chi connectivity index (χ2v) is 5.72. The van der Waals surface area contributed by atoms with Gasteiger partial charge in [-0.05, 0) is 33.9 Å². The summed E-state index contributed by atoms with van der Waals surface area (Å²) in [6.07, 6.45) is 0. The molecule has 0 amide bonds. The van der Waals surface area contributed by atoms with Crippen LogP contribution in [0.3, 0.4) is 0 Å². The summed E-state index contributed by atoms with van der Waals surface area (Å²) in [5.74, 6) is 0.664. The lowest BCUT2D eigenvalue weighted by Gasteiger charge is -2.22. The van der Waals surface area contributed by atoms with Gasteiger partial charge in [0.1, 0.15) is 3.38 Å². The van der Waals surface area contributed by atoms with Crippen molar-refractivity contribution in [2.45, 2.75) is 17.2 Å². The van der Waals surface area contributed by atoms with Crippen LogP contribution in [-0.4, -0.2) is 15.3 Å². The van der Waals surface area contributed by atoms with Crippen LogP contribution in [0.1, 0.15) is 13.8 Å². The first-order valence-electron chi connectivity index (χ1n) is 3.35. The summed E-state index contributed by atoms with van der Waals surface area (Å²) in [6.45, 7) is 4.47. The maximum atomic E-state index is 2.44. The van der Waals surface area contributed by atoms with Gasteiger partial charge in [-0.2, -0.15) is 0 Å². The lowest BCUT2D eigenvalue weighted by molar-refractivity contribution is 0.432. The van der Waals surface area contributed by atoms with E-state index < -0.39 is 0 Å². The molecule has 1 atom stereocenters. The molecule has 0 aromatic heterocycles. The van der Waals surface area contributed by atoms with Crippen LogP contribution in [0.4, 0.5) is 0 Å². The van der Waals surface area contributed by atoms with Gasteiger partial charge in [0.25, 0.3) is 0 Å². The van der Waals surface area contributed by atoms with Crippen molar-refractivity contribution in [2.24, 2.45) is 5.92 Å². The highest BCUT2D eigenvalue weighted by Gasteiger charge is 2.21. The fraction of sp³-hybridized carbons (Fsp3) is 0.714. The summed E-state index contributed by atoms with van der Waals surface area (Å²) in [7, 11) is 2.16. The molecule has 3 heteroatoms. The minimum absolute atomic E-state index is 0.606. The summed E-state index contributed by atoms with van der Waals surface area (Å²) in [5, 5.41) is 2.27. The molecule has 1 unspecified atom stereocenters. The van der Waals surface area contributed by atoms with E-state index in [0.29, 0.717) is 9.30 Å². The fourth-order valence-electron chi connectivity index (χ4n) is 0.961. The molecule has 1 rings (SSSR count). The van der Waals surface area contributed by atoms with E-state index in [0.717, 1.165) is 0 Å². The Labute approximate surface area is 80.4 Å². The third kappa shape index (κ3) is 1.61. The third-order valence-electron chi connectivity index (χ3n) is 1.60. The maximum Gasteiger partial charge on any atom is 0.131 e. The second-order valence-electron chi connectivity index (χ2n) is 2.74. The Morgan fingerprint density at radius 1 is 1.70 bits per heavy atom. The number of hydrogen-bond donors (Lipinski definition) is 0. The average molecular weight is 269 g/mol. The molecule has 1 aliphatic heterocycles. The summed E-state index contributed by atoms with van der Waals surface area (Å²) >= 11 is 4.34. The van der Waals surface area contributed by atoms with Crippen LogP contribution in [0.25, 0.3) is 0 Å². The van der Waals surface area contributed by atoms with Crippen LogP contribution in [0.2, 0.25) is 0 Å². The van der Waals surface area contributed by atoms with Gasteiger partial charge in [-0.25, -0.2) is 0 Å². The highest BCUT2D eigenvalue weighted by Crippen LogP contribution is 2.36. The molecule has 58 valence electrons. The van der Waals surface area contributed by atoms with E-state index in [-0.39, 0.29) is 0 Å². The summed E-state index contributed by atoms with van der Waals surface area (Å²) < 4.78 is 0.606. The van der Waals surface area contributed by atoms with Crippen LogP contribution in [0.5, 0.6) is 0 Å². The zero-order valence-electron chi connectivity index (χ0n) is 6.47. The average Bonchev–Trinajstić information content (AvgIpc) is 2.14. The van der Waals surface area contributed by atoms with E-state index in [1.54, 1.807) is 0 Å². The molecule has 0 bridgehead atoms. The van der Waals surface area contributed by atoms with Gasteiger partial charge in [0.05, 0.1) is 0 Å². The van der Waals surface area contributed by atoms with E-state index in [1.807, 2.05) is 11.8 Å². The number of hydrogen-bond acceptors (Lipinski definition) is 2. The van der Waals surface area contributed by atoms with Gasteiger partial charge in [-0.1, -0.05) is 25.6 Å². The molecule has 0 aromatic carbocycles. The molecular formula is C7H12INS. The number of rotatable bonds is 1. The van der Waals surface area contributed by atoms with Gasteiger partial charge in [0.2, 0.25) is 0 Å². The summed E-state index contributed by atoms with van der Waals surface area (Å²) in [6, 6.07) is 0. The van der Waals surface area contributed by atoms with Crippen molar-refractivity contribution < 1.29 is 0 Å². The van der Waals surface area contributed by atoms with Crippen molar-refractivity contribution in [1.29, 1.82) is 0 Å². The standard InChI is InChI=1S/C7H12INS/c1-5(2)6-4-10-7(8)9(6)3/h4-5,7H,1-3H3. The number of nitrogens with zero attached hydrogens (tertiary/aromatic N) is 1. The topological polar surface area (TPSA) is 3.24 Å². The minimum atomic E-state index is 0.606. The molecule has 0 fully saturated rings. The molecule has 1 nitrogen and oxygen atoms in total. The van der Waals surface area contributed by atoms with Crippen LogP contribution in [0, 0.1) is 5.92 Å². The van der Waals surface area contributed by atoms with E-state index in [2.05, 4.69) is 53.8 Å². The molecule has 0 spiro atoms. The van der Waals surface area contributed by atoms with E-state index in [1.165, 1.54) is 5.70 Å². The SMILES string of the molecule is CC(C)C1=CSC(I)N1C. The molecule has 1 heterocycles. The Hall–Kier alpha value is 0.620. The number of alkyl halides is 1. The second kappa shape index (κ2) is 3.34. The van der Waals surface area contributed by atoms with Gasteiger partial charge < -0.3 is 4.90 Å². The van der Waals surface area contributed by atoms with Crippen molar-refractivity contribution in [3.63, 3.8) is 0 Å². The Balaban J connectivity index is 2.62. The van der Waals surface area contributed by atoms with Crippen molar-refractivity contribution in [3.8, 4) is 0 Å². The molecule has 0 aliphatic carbocycles. The van der Waals surface area contributed by atoms with Crippen molar-refractivity contribution in [3.05, 3.63) is 11.1 Å². The van der Waals surface area contributed by atoms with Gasteiger partial charge in [-0.15, -0.1) is 0 Å². The van der Waals surface area contributed by atoms with Crippen LogP contribution in [0.15, 0.2) is 11.1 Å². The molecule has 0 radical (unpaired) electrons. The first-order valence-corrected chi connectivity index (χ1v) is 5.54. The monoisotopic (exact) mass is 269 g/mol. The largest absolute Gasteiger partial charge is 0.357 e. The minimum Gasteiger partial charge on any atom is -0.357 e. The highest BCUT2D eigenvalue weighted by molar-refractivity contribution is 14.1. The summed E-state index contributed by atoms with van der Waals surface area (Å²) in [4.78, 5) is 2.33. The maximum absolute atomic E-state index is 2.44. The first kappa shape index (κ1) is 8.71. The van der Waals surface area contributed by atoms with E-state index >= 15 is 0 Å². The van der Waals surface area contributed by atoms with Gasteiger partial charge in [-0.3, -0.25) is 0 Å². The van der Waals surface area contributed by atoms with Gasteiger partial charge >= 0.3 is 0 Å². The number of halogens is 1. The van der Waals surface area contributed by atoms with Crippen molar-refractivity contribution in [1.82, 2.24) is 4.90 Å². The Morgan fingerprint density at radius 2 is 2.30 bits per heavy atom. The van der Waals surface area contributed by atoms with Crippen LogP contribution < -0.4 is 0 Å². The van der Waals surface area contributed by atoms with Crippen molar-refractivity contribution in [2.75, 3.05) is 7.05 Å². The Bertz CT molecular complexity index is 156. The van der Waals surface area contributed by atoms with Crippen molar-refractivity contribution >= 4 is 34.4 Å². The lowest BCUT2D eigenvalue weighted by atomic mass is 10.1. The van der Waals surface area contributed by atoms with E-state index in [4.69, 9.17) is 0 Å². The molecule has 0 N–H and O–H groups in total. The van der Waals surface area contributed by atoms with Crippen LogP contribution >= 0.6 is 34.4 Å². The van der Waals surface area contributed by atoms with E-state index in [9.17, 15) is 0 Å². The van der Waals surface area contributed by atoms with Gasteiger partial charge in [0, 0.05) is 12.7 Å². The normalized spacial score (nSPS) is 25.9. The molecule has 1 aliphatic rings. The Kier molecular flexibility index (Phi) is 2.91. The quantitative estimate of drug-likeness (QED) is 0.409. The van der Waals surface area contributed by atoms with Gasteiger partial charge in [0.15, 0.2) is 0 Å². The molecular weight excluding hydrogens is 257 g/mol. The number of thioether (sulfide) groups is 1. The molecule has 0 aromatic rings. The molecule has 0 saturated carbocycles. The predicted octanol–water partition coefficient (Wildman–Crippen LogP) is 2.88. The first-order chi connectivity index (χ1) is 4.63. The van der Waals surface area contributed by atoms with Crippen LogP contribution in [-0.2, 0) is 0 Å². The lowest BCUT2D eigenvalue weighted by Crippen LogP contribution is -2.20. The zero-order chi connectivity index (χ0) is 7.72. The Morgan fingerprint density at radius 3 is 2.50 bits per heavy atom. The predicted molar refractivity (Wildman–Crippen MR) is 56.1 cm³/mol. The summed E-state index contributed by atoms with van der Waals surface area (Å²) in [5.41, 5.74) is 1.46. The smallest absolute Gasteiger partial charge is 0.131 e. The molecule has 0 saturated heterocycles. The number of allylic oxidation sites excluding steroid dienone is 1. The molecule has 10 heavy (non-hydrogen) atoms.